The standard InChI is InChI=1S/C25H22N2O4S/c26-15-20-8-12-23(13-9-20)32(30,31)16-21-6-10-22(11-7-21)24(28)27-17-25(29,18-27)14-19-4-2-1-3-5-19/h1-13,29H,14,16-18H2. The maximum atomic E-state index is 12.7. The molecule has 0 aliphatic carbocycles. The Hall–Kier alpha value is -3.47. The highest BCUT2D eigenvalue weighted by molar-refractivity contribution is 7.90. The van der Waals surface area contributed by atoms with E-state index in [0.717, 1.165) is 5.56 Å². The largest absolute Gasteiger partial charge is 0.386 e. The number of nitriles is 1. The third-order valence-electron chi connectivity index (χ3n) is 5.53. The molecule has 0 radical (unpaired) electrons. The van der Waals surface area contributed by atoms with Gasteiger partial charge in [0, 0.05) is 12.0 Å². The molecule has 1 aliphatic rings. The number of sulfone groups is 1. The van der Waals surface area contributed by atoms with Crippen LogP contribution in [-0.2, 0) is 22.0 Å². The molecule has 1 fully saturated rings. The Morgan fingerprint density at radius 3 is 2.16 bits per heavy atom. The molecular weight excluding hydrogens is 424 g/mol. The number of β-amino-alcohol motifs (C(OH)–C–C–N with tert-alkyl or cyclic N) is 1. The molecule has 3 aromatic rings. The predicted octanol–water partition coefficient (Wildman–Crippen LogP) is 2.96. The van der Waals surface area contributed by atoms with E-state index >= 15 is 0 Å². The Balaban J connectivity index is 1.37. The first-order valence-corrected chi connectivity index (χ1v) is 11.8. The molecule has 1 saturated heterocycles. The molecule has 1 heterocycles. The summed E-state index contributed by atoms with van der Waals surface area (Å²) in [6, 6.07) is 23.9. The minimum absolute atomic E-state index is 0.148. The molecule has 1 N–H and O–H groups in total. The smallest absolute Gasteiger partial charge is 0.254 e. The van der Waals surface area contributed by atoms with Gasteiger partial charge in [-0.05, 0) is 47.5 Å². The van der Waals surface area contributed by atoms with Crippen LogP contribution in [-0.4, -0.2) is 43.0 Å². The molecule has 0 saturated carbocycles. The zero-order valence-corrected chi connectivity index (χ0v) is 18.1. The molecule has 0 bridgehead atoms. The molecular formula is C25H22N2O4S. The lowest BCUT2D eigenvalue weighted by atomic mass is 9.86. The first-order valence-electron chi connectivity index (χ1n) is 10.2. The summed E-state index contributed by atoms with van der Waals surface area (Å²) in [5.74, 6) is -0.391. The number of carbonyl (C=O) groups excluding carboxylic acids is 1. The summed E-state index contributed by atoms with van der Waals surface area (Å²) in [5, 5.41) is 19.5. The minimum Gasteiger partial charge on any atom is -0.386 e. The number of hydrogen-bond donors (Lipinski definition) is 1. The van der Waals surface area contributed by atoms with Crippen LogP contribution in [0.3, 0.4) is 0 Å². The number of likely N-dealkylation sites (tertiary alicyclic amines) is 1. The lowest BCUT2D eigenvalue weighted by Crippen LogP contribution is -2.64. The lowest BCUT2D eigenvalue weighted by molar-refractivity contribution is -0.0799. The fourth-order valence-corrected chi connectivity index (χ4v) is 5.21. The highest BCUT2D eigenvalue weighted by Gasteiger charge is 2.43. The van der Waals surface area contributed by atoms with Gasteiger partial charge < -0.3 is 10.0 Å². The maximum Gasteiger partial charge on any atom is 0.254 e. The van der Waals surface area contributed by atoms with Crippen LogP contribution >= 0.6 is 0 Å². The molecule has 162 valence electrons. The van der Waals surface area contributed by atoms with Gasteiger partial charge in [-0.2, -0.15) is 5.26 Å². The number of benzene rings is 3. The van der Waals surface area contributed by atoms with Crippen LogP contribution in [0.5, 0.6) is 0 Å². The van der Waals surface area contributed by atoms with Crippen molar-refractivity contribution in [2.24, 2.45) is 0 Å². The third kappa shape index (κ3) is 4.72. The van der Waals surface area contributed by atoms with Gasteiger partial charge in [0.1, 0.15) is 5.60 Å². The number of aliphatic hydroxyl groups is 1. The van der Waals surface area contributed by atoms with E-state index in [2.05, 4.69) is 0 Å². The van der Waals surface area contributed by atoms with Gasteiger partial charge in [-0.3, -0.25) is 4.79 Å². The zero-order valence-electron chi connectivity index (χ0n) is 17.3. The zero-order chi connectivity index (χ0) is 22.8. The topological polar surface area (TPSA) is 98.5 Å². The Morgan fingerprint density at radius 1 is 0.938 bits per heavy atom. The Bertz CT molecular complexity index is 1260. The Kier molecular flexibility index (Phi) is 5.83. The van der Waals surface area contributed by atoms with Crippen molar-refractivity contribution in [2.45, 2.75) is 22.7 Å². The average Bonchev–Trinajstić information content (AvgIpc) is 2.78. The van der Waals surface area contributed by atoms with Gasteiger partial charge in [0.2, 0.25) is 0 Å². The van der Waals surface area contributed by atoms with E-state index in [0.29, 0.717) is 23.1 Å². The molecule has 0 unspecified atom stereocenters. The van der Waals surface area contributed by atoms with Gasteiger partial charge in [-0.25, -0.2) is 8.42 Å². The van der Waals surface area contributed by atoms with Gasteiger partial charge >= 0.3 is 0 Å². The summed E-state index contributed by atoms with van der Waals surface area (Å²) < 4.78 is 25.2. The quantitative estimate of drug-likeness (QED) is 0.628. The summed E-state index contributed by atoms with van der Waals surface area (Å²) >= 11 is 0. The number of nitrogens with zero attached hydrogens (tertiary/aromatic N) is 2. The monoisotopic (exact) mass is 446 g/mol. The van der Waals surface area contributed by atoms with Crippen molar-refractivity contribution in [2.75, 3.05) is 13.1 Å². The van der Waals surface area contributed by atoms with Crippen molar-refractivity contribution in [3.63, 3.8) is 0 Å². The van der Waals surface area contributed by atoms with Crippen molar-refractivity contribution < 1.29 is 18.3 Å². The van der Waals surface area contributed by atoms with Crippen LogP contribution in [0.15, 0.2) is 83.8 Å². The van der Waals surface area contributed by atoms with Gasteiger partial charge in [0.05, 0.1) is 35.4 Å². The Morgan fingerprint density at radius 2 is 1.56 bits per heavy atom. The van der Waals surface area contributed by atoms with Gasteiger partial charge in [-0.1, -0.05) is 42.5 Å². The van der Waals surface area contributed by atoms with Crippen LogP contribution in [0, 0.1) is 11.3 Å². The minimum atomic E-state index is -3.56. The predicted molar refractivity (Wildman–Crippen MR) is 119 cm³/mol. The number of carbonyl (C=O) groups is 1. The van der Waals surface area contributed by atoms with E-state index < -0.39 is 15.4 Å². The fourth-order valence-electron chi connectivity index (χ4n) is 3.86. The van der Waals surface area contributed by atoms with E-state index in [9.17, 15) is 18.3 Å². The second-order valence-electron chi connectivity index (χ2n) is 8.14. The summed E-state index contributed by atoms with van der Waals surface area (Å²) in [4.78, 5) is 14.5. The molecule has 0 atom stereocenters. The molecule has 1 amide bonds. The van der Waals surface area contributed by atoms with Crippen molar-refractivity contribution >= 4 is 15.7 Å². The van der Waals surface area contributed by atoms with Crippen molar-refractivity contribution in [3.8, 4) is 6.07 Å². The first kappa shape index (κ1) is 21.8. The van der Waals surface area contributed by atoms with Crippen molar-refractivity contribution in [3.05, 3.63) is 101 Å². The SMILES string of the molecule is N#Cc1ccc(S(=O)(=O)Cc2ccc(C(=O)N3CC(O)(Cc4ccccc4)C3)cc2)cc1. The molecule has 0 spiro atoms. The molecule has 3 aromatic carbocycles. The van der Waals surface area contributed by atoms with E-state index in [1.165, 1.54) is 24.3 Å². The van der Waals surface area contributed by atoms with E-state index in [-0.39, 0.29) is 29.6 Å². The summed E-state index contributed by atoms with van der Waals surface area (Å²) in [7, 11) is -3.56. The average molecular weight is 447 g/mol. The van der Waals surface area contributed by atoms with E-state index in [1.807, 2.05) is 36.4 Å². The number of rotatable bonds is 6. The molecule has 32 heavy (non-hydrogen) atoms. The number of hydrogen-bond acceptors (Lipinski definition) is 5. The van der Waals surface area contributed by atoms with Crippen molar-refractivity contribution in [1.82, 2.24) is 4.90 Å². The first-order chi connectivity index (χ1) is 15.3. The van der Waals surface area contributed by atoms with Crippen LogP contribution < -0.4 is 0 Å². The number of amides is 1. The van der Waals surface area contributed by atoms with E-state index in [1.54, 1.807) is 29.2 Å². The van der Waals surface area contributed by atoms with Gasteiger partial charge in [0.15, 0.2) is 9.84 Å². The van der Waals surface area contributed by atoms with Gasteiger partial charge in [-0.15, -0.1) is 0 Å². The van der Waals surface area contributed by atoms with Crippen LogP contribution in [0.1, 0.15) is 27.0 Å². The molecule has 6 nitrogen and oxygen atoms in total. The summed E-state index contributed by atoms with van der Waals surface area (Å²) in [6.07, 6.45) is 0.490. The van der Waals surface area contributed by atoms with Crippen LogP contribution in [0.25, 0.3) is 0 Å². The van der Waals surface area contributed by atoms with E-state index in [4.69, 9.17) is 5.26 Å². The second-order valence-corrected chi connectivity index (χ2v) is 10.1. The molecule has 0 aromatic heterocycles. The highest BCUT2D eigenvalue weighted by atomic mass is 32.2. The van der Waals surface area contributed by atoms with Crippen LogP contribution in [0.4, 0.5) is 0 Å². The molecule has 7 heteroatoms. The Labute approximate surface area is 187 Å². The van der Waals surface area contributed by atoms with Crippen molar-refractivity contribution in [1.29, 1.82) is 5.26 Å². The lowest BCUT2D eigenvalue weighted by Gasteiger charge is -2.46. The molecule has 4 rings (SSSR count). The highest BCUT2D eigenvalue weighted by Crippen LogP contribution is 2.27. The van der Waals surface area contributed by atoms with Gasteiger partial charge in [0.25, 0.3) is 5.91 Å². The fraction of sp³-hybridized carbons (Fsp3) is 0.200. The van der Waals surface area contributed by atoms with Crippen LogP contribution in [0.2, 0.25) is 0 Å². The second kappa shape index (κ2) is 8.58. The normalized spacial score (nSPS) is 14.9. The maximum absolute atomic E-state index is 12.7. The molecule has 1 aliphatic heterocycles. The summed E-state index contributed by atoms with van der Waals surface area (Å²) in [6.45, 7) is 0.519. The third-order valence-corrected chi connectivity index (χ3v) is 7.24. The summed E-state index contributed by atoms with van der Waals surface area (Å²) in [5.41, 5.74) is 1.51.